The Kier molecular flexibility index (Phi) is 5.03. The van der Waals surface area contributed by atoms with E-state index in [1.807, 2.05) is 18.2 Å². The predicted molar refractivity (Wildman–Crippen MR) is 93.9 cm³/mol. The van der Waals surface area contributed by atoms with Crippen LogP contribution in [-0.2, 0) is 4.79 Å². The van der Waals surface area contributed by atoms with Gasteiger partial charge < -0.3 is 14.6 Å². The Morgan fingerprint density at radius 1 is 1.17 bits per heavy atom. The van der Waals surface area contributed by atoms with Gasteiger partial charge in [-0.1, -0.05) is 17.7 Å². The Morgan fingerprint density at radius 2 is 2.00 bits per heavy atom. The van der Waals surface area contributed by atoms with E-state index in [9.17, 15) is 4.79 Å². The van der Waals surface area contributed by atoms with E-state index in [4.69, 9.17) is 16.0 Å². The Balaban J connectivity index is 1.76. The van der Waals surface area contributed by atoms with Gasteiger partial charge in [-0.05, 0) is 49.6 Å². The fourth-order valence-corrected chi connectivity index (χ4v) is 3.07. The number of carbonyl (C=O) groups excluding carboxylic acids is 1. The second-order valence-corrected chi connectivity index (χ2v) is 5.93. The summed E-state index contributed by atoms with van der Waals surface area (Å²) in [5.41, 5.74) is 1.65. The molecule has 0 unspecified atom stereocenters. The normalized spacial score (nSPS) is 15.1. The van der Waals surface area contributed by atoms with Crippen LogP contribution in [0.5, 0.6) is 0 Å². The van der Waals surface area contributed by atoms with E-state index in [1.165, 1.54) is 12.5 Å². The van der Waals surface area contributed by atoms with E-state index in [1.54, 1.807) is 24.5 Å². The number of nitrogens with one attached hydrogen (secondary N) is 1. The van der Waals surface area contributed by atoms with E-state index in [2.05, 4.69) is 10.2 Å². The van der Waals surface area contributed by atoms with Crippen LogP contribution in [0.2, 0.25) is 5.02 Å². The van der Waals surface area contributed by atoms with Crippen molar-refractivity contribution in [1.82, 2.24) is 0 Å². The first-order valence-electron chi connectivity index (χ1n) is 7.80. The minimum absolute atomic E-state index is 0.207. The molecule has 1 N–H and O–H groups in total. The van der Waals surface area contributed by atoms with Crippen LogP contribution in [0.25, 0.3) is 6.08 Å². The number of carbonyl (C=O) groups is 1. The first-order chi connectivity index (χ1) is 11.2. The highest BCUT2D eigenvalue weighted by Crippen LogP contribution is 2.35. The summed E-state index contributed by atoms with van der Waals surface area (Å²) in [6.07, 6.45) is 8.21. The highest BCUT2D eigenvalue weighted by Gasteiger charge is 2.18. The monoisotopic (exact) mass is 330 g/mol. The van der Waals surface area contributed by atoms with Crippen molar-refractivity contribution in [2.75, 3.05) is 23.3 Å². The Labute approximate surface area is 140 Å². The Bertz CT molecular complexity index is 689. The molecule has 2 heterocycles. The molecule has 1 aromatic heterocycles. The molecule has 23 heavy (non-hydrogen) atoms. The van der Waals surface area contributed by atoms with Crippen LogP contribution in [0, 0.1) is 0 Å². The number of nitrogens with zero attached hydrogens (tertiary/aromatic N) is 1. The number of para-hydroxylation sites is 1. The lowest BCUT2D eigenvalue weighted by atomic mass is 10.1. The second-order valence-electron chi connectivity index (χ2n) is 5.52. The molecule has 1 saturated heterocycles. The number of benzene rings is 1. The van der Waals surface area contributed by atoms with Crippen LogP contribution in [-0.4, -0.2) is 19.0 Å². The summed E-state index contributed by atoms with van der Waals surface area (Å²) < 4.78 is 5.18. The smallest absolute Gasteiger partial charge is 0.248 e. The summed E-state index contributed by atoms with van der Waals surface area (Å²) in [6, 6.07) is 9.17. The minimum atomic E-state index is -0.207. The molecule has 0 radical (unpaired) electrons. The molecule has 0 bridgehead atoms. The zero-order valence-corrected chi connectivity index (χ0v) is 13.6. The quantitative estimate of drug-likeness (QED) is 0.835. The van der Waals surface area contributed by atoms with Crippen molar-refractivity contribution >= 4 is 35.0 Å². The van der Waals surface area contributed by atoms with E-state index in [-0.39, 0.29) is 5.91 Å². The number of furan rings is 1. The number of halogens is 1. The Morgan fingerprint density at radius 3 is 2.74 bits per heavy atom. The van der Waals surface area contributed by atoms with E-state index < -0.39 is 0 Å². The number of rotatable bonds is 4. The van der Waals surface area contributed by atoms with Crippen molar-refractivity contribution in [2.24, 2.45) is 0 Å². The summed E-state index contributed by atoms with van der Waals surface area (Å²) in [4.78, 5) is 14.4. The maximum Gasteiger partial charge on any atom is 0.248 e. The van der Waals surface area contributed by atoms with E-state index in [0.717, 1.165) is 37.3 Å². The highest BCUT2D eigenvalue weighted by molar-refractivity contribution is 6.34. The van der Waals surface area contributed by atoms with Gasteiger partial charge in [0, 0.05) is 19.2 Å². The lowest BCUT2D eigenvalue weighted by Gasteiger charge is -2.31. The first kappa shape index (κ1) is 15.7. The molecule has 0 atom stereocenters. The number of amides is 1. The van der Waals surface area contributed by atoms with Gasteiger partial charge in [-0.25, -0.2) is 0 Å². The van der Waals surface area contributed by atoms with Crippen LogP contribution >= 0.6 is 11.6 Å². The molecular formula is C18H19ClN2O2. The zero-order chi connectivity index (χ0) is 16.1. The maximum absolute atomic E-state index is 12.2. The molecule has 1 fully saturated rings. The van der Waals surface area contributed by atoms with Gasteiger partial charge in [0.25, 0.3) is 0 Å². The molecule has 120 valence electrons. The van der Waals surface area contributed by atoms with Gasteiger partial charge in [-0.15, -0.1) is 0 Å². The van der Waals surface area contributed by atoms with Crippen LogP contribution in [0.15, 0.2) is 47.1 Å². The van der Waals surface area contributed by atoms with Crippen molar-refractivity contribution in [3.05, 3.63) is 53.5 Å². The average molecular weight is 331 g/mol. The molecular weight excluding hydrogens is 312 g/mol. The average Bonchev–Trinajstić information content (AvgIpc) is 3.07. The molecule has 1 amide bonds. The first-order valence-corrected chi connectivity index (χ1v) is 8.18. The second kappa shape index (κ2) is 7.38. The van der Waals surface area contributed by atoms with Crippen LogP contribution in [0.1, 0.15) is 25.0 Å². The third kappa shape index (κ3) is 3.96. The van der Waals surface area contributed by atoms with E-state index >= 15 is 0 Å². The number of hydrogen-bond acceptors (Lipinski definition) is 3. The van der Waals surface area contributed by atoms with Gasteiger partial charge in [0.15, 0.2) is 0 Å². The zero-order valence-electron chi connectivity index (χ0n) is 12.8. The predicted octanol–water partition coefficient (Wildman–Crippen LogP) is 4.58. The summed E-state index contributed by atoms with van der Waals surface area (Å²) in [5.74, 6) is 0.435. The summed E-state index contributed by atoms with van der Waals surface area (Å²) in [7, 11) is 0. The number of piperidine rings is 1. The largest absolute Gasteiger partial charge is 0.465 e. The minimum Gasteiger partial charge on any atom is -0.465 e. The SMILES string of the molecule is O=C(/C=C/c1ccco1)Nc1cccc(Cl)c1N1CCCCC1. The number of anilines is 2. The lowest BCUT2D eigenvalue weighted by molar-refractivity contribution is -0.111. The molecule has 5 heteroatoms. The summed E-state index contributed by atoms with van der Waals surface area (Å²) >= 11 is 6.38. The van der Waals surface area contributed by atoms with E-state index in [0.29, 0.717) is 10.8 Å². The molecule has 3 rings (SSSR count). The molecule has 2 aromatic rings. The fourth-order valence-electron chi connectivity index (χ4n) is 2.77. The number of hydrogen-bond donors (Lipinski definition) is 1. The van der Waals surface area contributed by atoms with Crippen molar-refractivity contribution in [1.29, 1.82) is 0 Å². The Hall–Kier alpha value is -2.20. The molecule has 0 saturated carbocycles. The molecule has 1 aliphatic rings. The van der Waals surface area contributed by atoms with Gasteiger partial charge in [-0.3, -0.25) is 4.79 Å². The summed E-state index contributed by atoms with van der Waals surface area (Å²) in [6.45, 7) is 1.93. The third-order valence-electron chi connectivity index (χ3n) is 3.86. The van der Waals surface area contributed by atoms with Crippen molar-refractivity contribution < 1.29 is 9.21 Å². The standard InChI is InChI=1S/C18H19ClN2O2/c19-15-7-4-8-16(18(15)21-11-2-1-3-12-21)20-17(22)10-9-14-6-5-13-23-14/h4-10,13H,1-3,11-12H2,(H,20,22)/b10-9+. The van der Waals surface area contributed by atoms with Gasteiger partial charge in [-0.2, -0.15) is 0 Å². The van der Waals surface area contributed by atoms with Gasteiger partial charge in [0.05, 0.1) is 22.7 Å². The molecule has 4 nitrogen and oxygen atoms in total. The lowest BCUT2D eigenvalue weighted by Crippen LogP contribution is -2.30. The van der Waals surface area contributed by atoms with Gasteiger partial charge >= 0.3 is 0 Å². The molecule has 0 spiro atoms. The molecule has 0 aliphatic carbocycles. The van der Waals surface area contributed by atoms with Crippen molar-refractivity contribution in [3.63, 3.8) is 0 Å². The topological polar surface area (TPSA) is 45.5 Å². The van der Waals surface area contributed by atoms with Gasteiger partial charge in [0.2, 0.25) is 5.91 Å². The molecule has 1 aliphatic heterocycles. The highest BCUT2D eigenvalue weighted by atomic mass is 35.5. The third-order valence-corrected chi connectivity index (χ3v) is 4.16. The summed E-state index contributed by atoms with van der Waals surface area (Å²) in [5, 5.41) is 3.58. The van der Waals surface area contributed by atoms with Crippen molar-refractivity contribution in [2.45, 2.75) is 19.3 Å². The van der Waals surface area contributed by atoms with Crippen LogP contribution < -0.4 is 10.2 Å². The van der Waals surface area contributed by atoms with Crippen LogP contribution in [0.4, 0.5) is 11.4 Å². The van der Waals surface area contributed by atoms with Gasteiger partial charge in [0.1, 0.15) is 5.76 Å². The molecule has 1 aromatic carbocycles. The van der Waals surface area contributed by atoms with Crippen molar-refractivity contribution in [3.8, 4) is 0 Å². The fraction of sp³-hybridized carbons (Fsp3) is 0.278. The maximum atomic E-state index is 12.2. The van der Waals surface area contributed by atoms with Crippen LogP contribution in [0.3, 0.4) is 0 Å².